The molecule has 1 aliphatic heterocycles. The fraction of sp³-hybridized carbons (Fsp3) is 0.455. The molecule has 0 radical (unpaired) electrons. The van der Waals surface area contributed by atoms with Crippen molar-refractivity contribution in [3.05, 3.63) is 17.7 Å². The van der Waals surface area contributed by atoms with E-state index in [9.17, 15) is 8.42 Å². The lowest BCUT2D eigenvalue weighted by Gasteiger charge is -2.21. The highest BCUT2D eigenvalue weighted by molar-refractivity contribution is 7.91. The molecule has 2 rings (SSSR count). The molecule has 1 heterocycles. The maximum atomic E-state index is 11.9. The van der Waals surface area contributed by atoms with Gasteiger partial charge in [0, 0.05) is 0 Å². The first-order valence-electron chi connectivity index (χ1n) is 5.34. The Morgan fingerprint density at radius 1 is 1.29 bits per heavy atom. The summed E-state index contributed by atoms with van der Waals surface area (Å²) in [4.78, 5) is 0.0984. The van der Waals surface area contributed by atoms with Crippen LogP contribution in [0, 0.1) is 0 Å². The van der Waals surface area contributed by atoms with Crippen molar-refractivity contribution >= 4 is 9.84 Å². The number of aliphatic hydroxyl groups is 1. The molecule has 0 atom stereocenters. The van der Waals surface area contributed by atoms with Crippen LogP contribution in [0.15, 0.2) is 17.0 Å². The van der Waals surface area contributed by atoms with Gasteiger partial charge in [-0.1, -0.05) is 6.92 Å². The summed E-state index contributed by atoms with van der Waals surface area (Å²) < 4.78 is 34.5. The van der Waals surface area contributed by atoms with Gasteiger partial charge in [0.05, 0.1) is 12.4 Å². The fourth-order valence-electron chi connectivity index (χ4n) is 1.65. The quantitative estimate of drug-likeness (QED) is 0.865. The standard InChI is InChI=1S/C11H14O5S/c1-2-17(13,14)10-6-8(7-12)5-9-11(10)16-4-3-15-9/h5-6,12H,2-4,7H2,1H3. The van der Waals surface area contributed by atoms with E-state index in [0.717, 1.165) is 0 Å². The minimum atomic E-state index is -3.39. The number of hydrogen-bond acceptors (Lipinski definition) is 5. The van der Waals surface area contributed by atoms with Crippen LogP contribution in [0.5, 0.6) is 11.5 Å². The summed E-state index contributed by atoms with van der Waals surface area (Å²) in [6.07, 6.45) is 0. The van der Waals surface area contributed by atoms with Crippen molar-refractivity contribution in [3.8, 4) is 11.5 Å². The highest BCUT2D eigenvalue weighted by Crippen LogP contribution is 2.38. The molecule has 0 aliphatic carbocycles. The summed E-state index contributed by atoms with van der Waals surface area (Å²) in [5.41, 5.74) is 0.501. The van der Waals surface area contributed by atoms with E-state index in [1.54, 1.807) is 13.0 Å². The molecule has 0 fully saturated rings. The molecule has 94 valence electrons. The molecule has 17 heavy (non-hydrogen) atoms. The van der Waals surface area contributed by atoms with Crippen molar-refractivity contribution in [1.82, 2.24) is 0 Å². The molecule has 0 bridgehead atoms. The Hall–Kier alpha value is -1.27. The van der Waals surface area contributed by atoms with Crippen LogP contribution in [-0.4, -0.2) is 32.5 Å². The third-order valence-corrected chi connectivity index (χ3v) is 4.30. The molecule has 6 heteroatoms. The number of ether oxygens (including phenoxy) is 2. The second-order valence-corrected chi connectivity index (χ2v) is 5.93. The van der Waals surface area contributed by atoms with E-state index < -0.39 is 9.84 Å². The molecule has 1 aliphatic rings. The van der Waals surface area contributed by atoms with Crippen LogP contribution >= 0.6 is 0 Å². The van der Waals surface area contributed by atoms with E-state index in [2.05, 4.69) is 0 Å². The van der Waals surface area contributed by atoms with E-state index in [0.29, 0.717) is 24.5 Å². The number of sulfone groups is 1. The topological polar surface area (TPSA) is 72.8 Å². The molecule has 1 N–H and O–H groups in total. The molecule has 0 spiro atoms. The zero-order valence-corrected chi connectivity index (χ0v) is 10.3. The maximum absolute atomic E-state index is 11.9. The Morgan fingerprint density at radius 2 is 2.00 bits per heavy atom. The molecule has 1 aromatic carbocycles. The molecule has 0 saturated heterocycles. The molecule has 0 aromatic heterocycles. The minimum absolute atomic E-state index is 0.0162. The van der Waals surface area contributed by atoms with E-state index >= 15 is 0 Å². The second kappa shape index (κ2) is 4.54. The third kappa shape index (κ3) is 2.23. The van der Waals surface area contributed by atoms with Gasteiger partial charge in [0.25, 0.3) is 0 Å². The van der Waals surface area contributed by atoms with Gasteiger partial charge in [0.1, 0.15) is 18.1 Å². The highest BCUT2D eigenvalue weighted by Gasteiger charge is 2.25. The molecule has 0 amide bonds. The zero-order chi connectivity index (χ0) is 12.5. The molecular weight excluding hydrogens is 244 g/mol. The summed E-state index contributed by atoms with van der Waals surface area (Å²) in [6, 6.07) is 3.04. The number of aliphatic hydroxyl groups excluding tert-OH is 1. The predicted molar refractivity (Wildman–Crippen MR) is 61.1 cm³/mol. The second-order valence-electron chi connectivity index (χ2n) is 3.68. The van der Waals surface area contributed by atoms with E-state index in [4.69, 9.17) is 14.6 Å². The van der Waals surface area contributed by atoms with E-state index in [-0.39, 0.29) is 23.0 Å². The van der Waals surface area contributed by atoms with Crippen molar-refractivity contribution < 1.29 is 23.0 Å². The number of rotatable bonds is 3. The van der Waals surface area contributed by atoms with E-state index in [1.165, 1.54) is 6.07 Å². The molecule has 0 unspecified atom stereocenters. The summed E-state index contributed by atoms with van der Waals surface area (Å²) in [5.74, 6) is 0.627. The largest absolute Gasteiger partial charge is 0.486 e. The van der Waals surface area contributed by atoms with Gasteiger partial charge in [-0.25, -0.2) is 8.42 Å². The monoisotopic (exact) mass is 258 g/mol. The lowest BCUT2D eigenvalue weighted by Crippen LogP contribution is -2.18. The van der Waals surface area contributed by atoms with Gasteiger partial charge in [-0.05, 0) is 17.7 Å². The van der Waals surface area contributed by atoms with Crippen LogP contribution in [0.1, 0.15) is 12.5 Å². The first-order valence-corrected chi connectivity index (χ1v) is 7.00. The van der Waals surface area contributed by atoms with Gasteiger partial charge < -0.3 is 14.6 Å². The van der Waals surface area contributed by atoms with Crippen molar-refractivity contribution in [2.24, 2.45) is 0 Å². The molecule has 5 nitrogen and oxygen atoms in total. The normalized spacial score (nSPS) is 14.7. The summed E-state index contributed by atoms with van der Waals surface area (Å²) in [5, 5.41) is 9.11. The van der Waals surface area contributed by atoms with E-state index in [1.807, 2.05) is 0 Å². The van der Waals surface area contributed by atoms with Gasteiger partial charge in [-0.3, -0.25) is 0 Å². The highest BCUT2D eigenvalue weighted by atomic mass is 32.2. The first kappa shape index (κ1) is 12.2. The van der Waals surface area contributed by atoms with Gasteiger partial charge >= 0.3 is 0 Å². The lowest BCUT2D eigenvalue weighted by atomic mass is 10.2. The van der Waals surface area contributed by atoms with Gasteiger partial charge in [-0.2, -0.15) is 0 Å². The lowest BCUT2D eigenvalue weighted by molar-refractivity contribution is 0.166. The van der Waals surface area contributed by atoms with Crippen LogP contribution < -0.4 is 9.47 Å². The number of hydrogen-bond donors (Lipinski definition) is 1. The van der Waals surface area contributed by atoms with Crippen LogP contribution in [0.25, 0.3) is 0 Å². The van der Waals surface area contributed by atoms with Crippen molar-refractivity contribution in [3.63, 3.8) is 0 Å². The molecule has 0 saturated carbocycles. The third-order valence-electron chi connectivity index (χ3n) is 2.57. The van der Waals surface area contributed by atoms with Crippen LogP contribution in [-0.2, 0) is 16.4 Å². The maximum Gasteiger partial charge on any atom is 0.181 e. The average molecular weight is 258 g/mol. The summed E-state index contributed by atoms with van der Waals surface area (Å²) in [6.45, 7) is 2.05. The Balaban J connectivity index is 2.64. The SMILES string of the molecule is CCS(=O)(=O)c1cc(CO)cc2c1OCCO2. The van der Waals surface area contributed by atoms with Crippen molar-refractivity contribution in [2.75, 3.05) is 19.0 Å². The molecular formula is C11H14O5S. The van der Waals surface area contributed by atoms with Crippen molar-refractivity contribution in [1.29, 1.82) is 0 Å². The average Bonchev–Trinajstić information content (AvgIpc) is 2.37. The Labute approximate surface area is 99.9 Å². The smallest absolute Gasteiger partial charge is 0.181 e. The van der Waals surface area contributed by atoms with Gasteiger partial charge in [0.2, 0.25) is 0 Å². The van der Waals surface area contributed by atoms with Crippen molar-refractivity contribution in [2.45, 2.75) is 18.4 Å². The predicted octanol–water partition coefficient (Wildman–Crippen LogP) is 0.744. The van der Waals surface area contributed by atoms with Gasteiger partial charge in [-0.15, -0.1) is 0 Å². The number of fused-ring (bicyclic) bond motifs is 1. The zero-order valence-electron chi connectivity index (χ0n) is 9.47. The van der Waals surface area contributed by atoms with Crippen LogP contribution in [0.2, 0.25) is 0 Å². The summed E-state index contributed by atoms with van der Waals surface area (Å²) >= 11 is 0. The first-order chi connectivity index (χ1) is 8.08. The van der Waals surface area contributed by atoms with Crippen LogP contribution in [0.4, 0.5) is 0 Å². The Morgan fingerprint density at radius 3 is 2.65 bits per heavy atom. The number of benzene rings is 1. The summed E-state index contributed by atoms with van der Waals surface area (Å²) in [7, 11) is -3.39. The minimum Gasteiger partial charge on any atom is -0.486 e. The van der Waals surface area contributed by atoms with Crippen LogP contribution in [0.3, 0.4) is 0 Å². The fourth-order valence-corrected chi connectivity index (χ4v) is 2.74. The Bertz CT molecular complexity index is 521. The molecule has 1 aromatic rings. The van der Waals surface area contributed by atoms with Gasteiger partial charge in [0.15, 0.2) is 21.3 Å². The Kier molecular flexibility index (Phi) is 3.26.